The molecule has 0 radical (unpaired) electrons. The molecule has 118 valence electrons. The van der Waals surface area contributed by atoms with Crippen molar-refractivity contribution in [2.24, 2.45) is 5.92 Å². The lowest BCUT2D eigenvalue weighted by Crippen LogP contribution is -2.27. The van der Waals surface area contributed by atoms with E-state index >= 15 is 0 Å². The number of unbranched alkanes of at least 4 members (excludes halogenated alkanes) is 2. The summed E-state index contributed by atoms with van der Waals surface area (Å²) in [7, 11) is 0. The third-order valence-electron chi connectivity index (χ3n) is 5.10. The van der Waals surface area contributed by atoms with Crippen LogP contribution in [0, 0.1) is 5.92 Å². The van der Waals surface area contributed by atoms with Crippen LogP contribution in [0.2, 0.25) is 0 Å². The Morgan fingerprint density at radius 2 is 1.76 bits per heavy atom. The number of aliphatic hydroxyl groups excluding tert-OH is 1. The Balaban J connectivity index is 1.90. The topological polar surface area (TPSA) is 20.2 Å². The summed E-state index contributed by atoms with van der Waals surface area (Å²) >= 11 is 0. The zero-order valence-electron chi connectivity index (χ0n) is 13.9. The van der Waals surface area contributed by atoms with Crippen LogP contribution in [0.25, 0.3) is 0 Å². The van der Waals surface area contributed by atoms with Crippen molar-refractivity contribution in [2.75, 3.05) is 0 Å². The maximum atomic E-state index is 10.5. The molecule has 0 amide bonds. The van der Waals surface area contributed by atoms with E-state index in [-0.39, 0.29) is 6.10 Å². The van der Waals surface area contributed by atoms with Gasteiger partial charge in [0.15, 0.2) is 0 Å². The van der Waals surface area contributed by atoms with Crippen molar-refractivity contribution in [3.8, 4) is 0 Å². The fraction of sp³-hybridized carbons (Fsp3) is 0.700. The minimum absolute atomic E-state index is 0.138. The van der Waals surface area contributed by atoms with Crippen molar-refractivity contribution >= 4 is 0 Å². The average molecular weight is 288 g/mol. The first-order valence-corrected chi connectivity index (χ1v) is 9.01. The van der Waals surface area contributed by atoms with E-state index in [2.05, 4.69) is 38.1 Å². The van der Waals surface area contributed by atoms with Gasteiger partial charge in [0.05, 0.1) is 6.10 Å². The van der Waals surface area contributed by atoms with E-state index in [1.165, 1.54) is 56.1 Å². The van der Waals surface area contributed by atoms with Crippen LogP contribution in [-0.4, -0.2) is 11.2 Å². The van der Waals surface area contributed by atoms with E-state index in [0.29, 0.717) is 5.92 Å². The summed E-state index contributed by atoms with van der Waals surface area (Å²) in [5, 5.41) is 10.5. The first-order valence-electron chi connectivity index (χ1n) is 9.01. The summed E-state index contributed by atoms with van der Waals surface area (Å²) < 4.78 is 0. The number of aryl methyl sites for hydroxylation is 1. The molecule has 1 fully saturated rings. The molecule has 1 aliphatic rings. The van der Waals surface area contributed by atoms with Gasteiger partial charge < -0.3 is 5.11 Å². The van der Waals surface area contributed by atoms with Gasteiger partial charge in [-0.05, 0) is 49.1 Å². The average Bonchev–Trinajstić information content (AvgIpc) is 2.49. The predicted octanol–water partition coefficient (Wildman–Crippen LogP) is 5.46. The Bertz CT molecular complexity index is 395. The van der Waals surface area contributed by atoms with Gasteiger partial charge in [0.25, 0.3) is 0 Å². The Morgan fingerprint density at radius 1 is 1.00 bits per heavy atom. The molecule has 0 bridgehead atoms. The SMILES string of the molecule is CCCCCc1ccc(C2CCC(CCC)CC2O)cc1. The van der Waals surface area contributed by atoms with E-state index in [1.807, 2.05) is 0 Å². The van der Waals surface area contributed by atoms with E-state index in [1.54, 1.807) is 0 Å². The molecule has 3 unspecified atom stereocenters. The molecule has 1 N–H and O–H groups in total. The first-order chi connectivity index (χ1) is 10.2. The highest BCUT2D eigenvalue weighted by molar-refractivity contribution is 5.26. The molecule has 0 aromatic heterocycles. The van der Waals surface area contributed by atoms with Crippen molar-refractivity contribution in [3.05, 3.63) is 35.4 Å². The molecule has 0 spiro atoms. The number of benzene rings is 1. The van der Waals surface area contributed by atoms with Gasteiger partial charge in [0.2, 0.25) is 0 Å². The van der Waals surface area contributed by atoms with E-state index < -0.39 is 0 Å². The zero-order chi connectivity index (χ0) is 15.1. The van der Waals surface area contributed by atoms with Crippen molar-refractivity contribution in [3.63, 3.8) is 0 Å². The van der Waals surface area contributed by atoms with Gasteiger partial charge in [0, 0.05) is 5.92 Å². The Kier molecular flexibility index (Phi) is 6.76. The van der Waals surface area contributed by atoms with Crippen LogP contribution in [0.1, 0.15) is 82.3 Å². The number of aliphatic hydroxyl groups is 1. The summed E-state index contributed by atoms with van der Waals surface area (Å²) in [6, 6.07) is 9.07. The van der Waals surface area contributed by atoms with Crippen molar-refractivity contribution in [2.45, 2.75) is 83.7 Å². The molecule has 0 heterocycles. The second-order valence-corrected chi connectivity index (χ2v) is 6.84. The molecule has 0 saturated heterocycles. The monoisotopic (exact) mass is 288 g/mol. The molecule has 1 aromatic rings. The smallest absolute Gasteiger partial charge is 0.0611 e. The molecule has 3 atom stereocenters. The highest BCUT2D eigenvalue weighted by Crippen LogP contribution is 2.37. The van der Waals surface area contributed by atoms with E-state index in [4.69, 9.17) is 0 Å². The maximum Gasteiger partial charge on any atom is 0.0611 e. The molecule has 1 saturated carbocycles. The van der Waals surface area contributed by atoms with Crippen LogP contribution >= 0.6 is 0 Å². The second-order valence-electron chi connectivity index (χ2n) is 6.84. The lowest BCUT2D eigenvalue weighted by Gasteiger charge is -2.33. The summed E-state index contributed by atoms with van der Waals surface area (Å²) in [6.45, 7) is 4.50. The standard InChI is InChI=1S/C20H32O/c1-3-5-6-8-16-9-12-18(13-10-16)19-14-11-17(7-4-2)15-20(19)21/h9-10,12-13,17,19-21H,3-8,11,14-15H2,1-2H3. The highest BCUT2D eigenvalue weighted by atomic mass is 16.3. The van der Waals surface area contributed by atoms with Crippen LogP contribution in [0.3, 0.4) is 0 Å². The van der Waals surface area contributed by atoms with Gasteiger partial charge in [-0.3, -0.25) is 0 Å². The molecular formula is C20H32O. The normalized spacial score (nSPS) is 26.0. The lowest BCUT2D eigenvalue weighted by molar-refractivity contribution is 0.0758. The number of hydrogen-bond acceptors (Lipinski definition) is 1. The van der Waals surface area contributed by atoms with Crippen LogP contribution in [0.15, 0.2) is 24.3 Å². The van der Waals surface area contributed by atoms with Gasteiger partial charge in [-0.15, -0.1) is 0 Å². The van der Waals surface area contributed by atoms with Crippen LogP contribution in [-0.2, 0) is 6.42 Å². The summed E-state index contributed by atoms with van der Waals surface area (Å²) in [4.78, 5) is 0. The van der Waals surface area contributed by atoms with Crippen molar-refractivity contribution < 1.29 is 5.11 Å². The van der Waals surface area contributed by atoms with Gasteiger partial charge >= 0.3 is 0 Å². The fourth-order valence-corrected chi connectivity index (χ4v) is 3.80. The number of rotatable bonds is 7. The minimum atomic E-state index is -0.138. The van der Waals surface area contributed by atoms with Crippen LogP contribution in [0.5, 0.6) is 0 Å². The van der Waals surface area contributed by atoms with E-state index in [0.717, 1.165) is 18.8 Å². The molecular weight excluding hydrogens is 256 g/mol. The Hall–Kier alpha value is -0.820. The van der Waals surface area contributed by atoms with Crippen molar-refractivity contribution in [1.82, 2.24) is 0 Å². The summed E-state index contributed by atoms with van der Waals surface area (Å²) in [6.07, 6.45) is 10.9. The van der Waals surface area contributed by atoms with E-state index in [9.17, 15) is 5.11 Å². The van der Waals surface area contributed by atoms with Crippen LogP contribution < -0.4 is 0 Å². The molecule has 1 heteroatoms. The Morgan fingerprint density at radius 3 is 2.38 bits per heavy atom. The van der Waals surface area contributed by atoms with Gasteiger partial charge in [0.1, 0.15) is 0 Å². The summed E-state index contributed by atoms with van der Waals surface area (Å²) in [5.74, 6) is 1.11. The molecule has 1 aliphatic carbocycles. The lowest BCUT2D eigenvalue weighted by atomic mass is 9.75. The number of hydrogen-bond donors (Lipinski definition) is 1. The quantitative estimate of drug-likeness (QED) is 0.660. The zero-order valence-corrected chi connectivity index (χ0v) is 13.9. The van der Waals surface area contributed by atoms with Gasteiger partial charge in [-0.25, -0.2) is 0 Å². The predicted molar refractivity (Wildman–Crippen MR) is 90.7 cm³/mol. The first kappa shape index (κ1) is 16.5. The van der Waals surface area contributed by atoms with Gasteiger partial charge in [-0.2, -0.15) is 0 Å². The molecule has 21 heavy (non-hydrogen) atoms. The summed E-state index contributed by atoms with van der Waals surface area (Å²) in [5.41, 5.74) is 2.79. The molecule has 1 nitrogen and oxygen atoms in total. The molecule has 2 rings (SSSR count). The Labute approximate surface area is 130 Å². The third-order valence-corrected chi connectivity index (χ3v) is 5.10. The van der Waals surface area contributed by atoms with Crippen LogP contribution in [0.4, 0.5) is 0 Å². The maximum absolute atomic E-state index is 10.5. The fourth-order valence-electron chi connectivity index (χ4n) is 3.80. The highest BCUT2D eigenvalue weighted by Gasteiger charge is 2.29. The third kappa shape index (κ3) is 4.85. The largest absolute Gasteiger partial charge is 0.392 e. The molecule has 0 aliphatic heterocycles. The van der Waals surface area contributed by atoms with Crippen molar-refractivity contribution in [1.29, 1.82) is 0 Å². The minimum Gasteiger partial charge on any atom is -0.392 e. The van der Waals surface area contributed by atoms with Gasteiger partial charge in [-0.1, -0.05) is 63.8 Å². The molecule has 1 aromatic carbocycles. The second kappa shape index (κ2) is 8.58.